The third-order valence-corrected chi connectivity index (χ3v) is 8.71. The van der Waals surface area contributed by atoms with Crippen LogP contribution in [0.3, 0.4) is 0 Å². The minimum Gasteiger partial charge on any atom is -0.489 e. The van der Waals surface area contributed by atoms with Gasteiger partial charge in [-0.05, 0) is 54.8 Å². The number of rotatable bonds is 10. The Hall–Kier alpha value is -3.99. The summed E-state index contributed by atoms with van der Waals surface area (Å²) >= 11 is 7.06. The summed E-state index contributed by atoms with van der Waals surface area (Å²) in [7, 11) is 0. The number of imidazole rings is 2. The Morgan fingerprint density at radius 3 is 2.83 bits per heavy atom. The lowest BCUT2D eigenvalue weighted by Gasteiger charge is -2.26. The molecule has 3 aromatic heterocycles. The van der Waals surface area contributed by atoms with Crippen molar-refractivity contribution in [2.45, 2.75) is 39.6 Å². The third kappa shape index (κ3) is 5.97. The van der Waals surface area contributed by atoms with Crippen LogP contribution in [0.25, 0.3) is 15.9 Å². The standard InChI is InChI=1S/C31H29ClFN5O3S/c1-2-37-19-34-15-24(37)16-38-27-14-28(31(39)40)42-30(27)35-29(38)17-36-10-8-20(9-11-36)21-4-3-5-25(12-21)41-18-22-6-7-23(32)13-26(22)33/h3-8,12-15,19H,2,9-11,16-18H2,1H3,(H,39,40). The molecular formula is C31H29ClFN5O3S. The number of benzene rings is 2. The highest BCUT2D eigenvalue weighted by Gasteiger charge is 2.21. The van der Waals surface area contributed by atoms with E-state index in [1.54, 1.807) is 18.2 Å². The fraction of sp³-hybridized carbons (Fsp3) is 0.258. The number of halogens is 2. The molecule has 0 unspecified atom stereocenters. The number of carbonyl (C=O) groups is 1. The van der Waals surface area contributed by atoms with Gasteiger partial charge in [0.2, 0.25) is 0 Å². The fourth-order valence-electron chi connectivity index (χ4n) is 5.19. The predicted molar refractivity (Wildman–Crippen MR) is 162 cm³/mol. The second-order valence-electron chi connectivity index (χ2n) is 10.2. The van der Waals surface area contributed by atoms with Crippen molar-refractivity contribution in [2.24, 2.45) is 0 Å². The maximum atomic E-state index is 14.1. The van der Waals surface area contributed by atoms with Crippen molar-refractivity contribution in [1.82, 2.24) is 24.0 Å². The summed E-state index contributed by atoms with van der Waals surface area (Å²) in [6, 6.07) is 14.2. The first-order chi connectivity index (χ1) is 20.4. The maximum absolute atomic E-state index is 14.1. The van der Waals surface area contributed by atoms with Gasteiger partial charge < -0.3 is 19.0 Å². The SMILES string of the molecule is CCn1cncc1Cn1c(CN2CC=C(c3cccc(OCc4ccc(Cl)cc4F)c3)CC2)nc2sc(C(=O)O)cc21. The van der Waals surface area contributed by atoms with Gasteiger partial charge in [0, 0.05) is 36.4 Å². The molecule has 0 radical (unpaired) electrons. The van der Waals surface area contributed by atoms with E-state index in [0.717, 1.165) is 53.5 Å². The Labute approximate surface area is 251 Å². The van der Waals surface area contributed by atoms with Gasteiger partial charge in [0.05, 0.1) is 30.6 Å². The number of carboxylic acids is 1. The first kappa shape index (κ1) is 28.1. The Balaban J connectivity index is 1.16. The number of ether oxygens (including phenoxy) is 1. The molecule has 0 fully saturated rings. The molecule has 2 aromatic carbocycles. The van der Waals surface area contributed by atoms with Gasteiger partial charge in [0.1, 0.15) is 33.7 Å². The Bertz CT molecular complexity index is 1790. The summed E-state index contributed by atoms with van der Waals surface area (Å²) in [6.45, 7) is 5.81. The summed E-state index contributed by atoms with van der Waals surface area (Å²) < 4.78 is 24.2. The summed E-state index contributed by atoms with van der Waals surface area (Å²) in [6.07, 6.45) is 6.75. The molecule has 1 N–H and O–H groups in total. The summed E-state index contributed by atoms with van der Waals surface area (Å²) in [4.78, 5) is 24.1. The van der Waals surface area contributed by atoms with Crippen molar-refractivity contribution in [3.63, 3.8) is 0 Å². The highest BCUT2D eigenvalue weighted by atomic mass is 35.5. The van der Waals surface area contributed by atoms with Crippen LogP contribution in [-0.2, 0) is 26.2 Å². The number of aromatic carboxylic acids is 1. The molecule has 0 aliphatic carbocycles. The van der Waals surface area contributed by atoms with Crippen molar-refractivity contribution in [3.05, 3.63) is 105 Å². The molecule has 6 rings (SSSR count). The first-order valence-electron chi connectivity index (χ1n) is 13.7. The number of nitrogens with zero attached hydrogens (tertiary/aromatic N) is 5. The molecule has 1 aliphatic heterocycles. The Morgan fingerprint density at radius 2 is 2.07 bits per heavy atom. The number of thiophene rings is 1. The van der Waals surface area contributed by atoms with Gasteiger partial charge in [-0.15, -0.1) is 11.3 Å². The average molecular weight is 606 g/mol. The van der Waals surface area contributed by atoms with E-state index in [9.17, 15) is 14.3 Å². The second kappa shape index (κ2) is 12.1. The van der Waals surface area contributed by atoms with E-state index in [1.165, 1.54) is 23.0 Å². The summed E-state index contributed by atoms with van der Waals surface area (Å²) in [5, 5.41) is 9.88. The Kier molecular flexibility index (Phi) is 8.10. The molecule has 5 aromatic rings. The first-order valence-corrected chi connectivity index (χ1v) is 14.9. The minimum absolute atomic E-state index is 0.121. The van der Waals surface area contributed by atoms with E-state index in [4.69, 9.17) is 21.3 Å². The fourth-order valence-corrected chi connectivity index (χ4v) is 6.24. The Morgan fingerprint density at radius 1 is 1.19 bits per heavy atom. The van der Waals surface area contributed by atoms with Gasteiger partial charge in [0.15, 0.2) is 0 Å². The van der Waals surface area contributed by atoms with Crippen molar-refractivity contribution in [3.8, 4) is 5.75 Å². The third-order valence-electron chi connectivity index (χ3n) is 7.47. The van der Waals surface area contributed by atoms with Crippen LogP contribution >= 0.6 is 22.9 Å². The number of fused-ring (bicyclic) bond motifs is 1. The van der Waals surface area contributed by atoms with Crippen LogP contribution in [0.1, 0.15) is 45.7 Å². The molecule has 0 bridgehead atoms. The van der Waals surface area contributed by atoms with E-state index in [-0.39, 0.29) is 17.3 Å². The van der Waals surface area contributed by atoms with E-state index in [2.05, 4.69) is 38.1 Å². The molecular weight excluding hydrogens is 577 g/mol. The number of aromatic nitrogens is 4. The quantitative estimate of drug-likeness (QED) is 0.190. The zero-order valence-electron chi connectivity index (χ0n) is 23.0. The van der Waals surface area contributed by atoms with Crippen molar-refractivity contribution in [2.75, 3.05) is 13.1 Å². The molecule has 0 atom stereocenters. The van der Waals surface area contributed by atoms with Gasteiger partial charge in [-0.25, -0.2) is 19.2 Å². The molecule has 0 saturated carbocycles. The minimum atomic E-state index is -0.940. The van der Waals surface area contributed by atoms with Crippen LogP contribution in [0.5, 0.6) is 5.75 Å². The van der Waals surface area contributed by atoms with Gasteiger partial charge in [-0.2, -0.15) is 0 Å². The van der Waals surface area contributed by atoms with Gasteiger partial charge in [-0.3, -0.25) is 4.90 Å². The average Bonchev–Trinajstić information content (AvgIpc) is 3.69. The highest BCUT2D eigenvalue weighted by Crippen LogP contribution is 2.30. The molecule has 1 aliphatic rings. The van der Waals surface area contributed by atoms with Crippen molar-refractivity contribution < 1.29 is 19.0 Å². The molecule has 216 valence electrons. The van der Waals surface area contributed by atoms with E-state index in [0.29, 0.717) is 29.4 Å². The van der Waals surface area contributed by atoms with Gasteiger partial charge in [0.25, 0.3) is 0 Å². The zero-order chi connectivity index (χ0) is 29.2. The maximum Gasteiger partial charge on any atom is 0.346 e. The number of hydrogen-bond acceptors (Lipinski definition) is 6. The molecule has 0 amide bonds. The van der Waals surface area contributed by atoms with Crippen LogP contribution in [0.2, 0.25) is 5.02 Å². The normalized spacial score (nSPS) is 13.9. The highest BCUT2D eigenvalue weighted by molar-refractivity contribution is 7.20. The van der Waals surface area contributed by atoms with E-state index in [1.807, 2.05) is 30.7 Å². The van der Waals surface area contributed by atoms with E-state index >= 15 is 0 Å². The monoisotopic (exact) mass is 605 g/mol. The van der Waals surface area contributed by atoms with Crippen LogP contribution in [0.4, 0.5) is 4.39 Å². The zero-order valence-corrected chi connectivity index (χ0v) is 24.5. The van der Waals surface area contributed by atoms with Crippen LogP contribution in [0.15, 0.2) is 67.1 Å². The number of hydrogen-bond donors (Lipinski definition) is 1. The second-order valence-corrected chi connectivity index (χ2v) is 11.6. The van der Waals surface area contributed by atoms with Crippen LogP contribution in [0, 0.1) is 5.82 Å². The van der Waals surface area contributed by atoms with Gasteiger partial charge >= 0.3 is 5.97 Å². The van der Waals surface area contributed by atoms with Crippen molar-refractivity contribution >= 4 is 44.8 Å². The van der Waals surface area contributed by atoms with E-state index < -0.39 is 5.97 Å². The molecule has 42 heavy (non-hydrogen) atoms. The molecule has 0 saturated heterocycles. The smallest absolute Gasteiger partial charge is 0.346 e. The number of aryl methyl sites for hydroxylation is 1. The molecule has 0 spiro atoms. The van der Waals surface area contributed by atoms with Crippen LogP contribution in [-0.4, -0.2) is 48.2 Å². The molecule has 4 heterocycles. The summed E-state index contributed by atoms with van der Waals surface area (Å²) in [5.74, 6) is 0.260. The lowest BCUT2D eigenvalue weighted by Crippen LogP contribution is -2.29. The van der Waals surface area contributed by atoms with Crippen molar-refractivity contribution in [1.29, 1.82) is 0 Å². The predicted octanol–water partition coefficient (Wildman–Crippen LogP) is 6.72. The molecule has 8 nitrogen and oxygen atoms in total. The largest absolute Gasteiger partial charge is 0.489 e. The molecule has 11 heteroatoms. The number of carboxylic acid groups (broad SMARTS) is 1. The van der Waals surface area contributed by atoms with Gasteiger partial charge in [-0.1, -0.05) is 35.9 Å². The lowest BCUT2D eigenvalue weighted by atomic mass is 9.99. The summed E-state index contributed by atoms with van der Waals surface area (Å²) in [5.41, 5.74) is 4.65. The topological polar surface area (TPSA) is 85.4 Å². The lowest BCUT2D eigenvalue weighted by molar-refractivity contribution is 0.0702. The van der Waals surface area contributed by atoms with Crippen LogP contribution < -0.4 is 4.74 Å².